The average molecular weight is 703 g/mol. The van der Waals surface area contributed by atoms with Crippen LogP contribution in [0.2, 0.25) is 0 Å². The summed E-state index contributed by atoms with van der Waals surface area (Å²) in [5, 5.41) is 20.9. The highest BCUT2D eigenvalue weighted by atomic mass is 16.5. The van der Waals surface area contributed by atoms with Gasteiger partial charge in [-0.1, -0.05) is 154 Å². The molecule has 0 spiro atoms. The number of methoxy groups -OCH3 is 1. The van der Waals surface area contributed by atoms with E-state index >= 15 is 0 Å². The van der Waals surface area contributed by atoms with Gasteiger partial charge in [0.25, 0.3) is 0 Å². The Kier molecular flexibility index (Phi) is 30.7. The van der Waals surface area contributed by atoms with Crippen LogP contribution < -0.4 is 0 Å². The zero-order valence-electron chi connectivity index (χ0n) is 33.7. The molecule has 0 saturated heterocycles. The van der Waals surface area contributed by atoms with Crippen LogP contribution in [-0.2, 0) is 14.3 Å². The molecule has 0 aliphatic rings. The lowest BCUT2D eigenvalue weighted by Gasteiger charge is -2.25. The van der Waals surface area contributed by atoms with Crippen molar-refractivity contribution in [2.45, 2.75) is 206 Å². The molecule has 0 aliphatic carbocycles. The maximum absolute atomic E-state index is 11.6. The third kappa shape index (κ3) is 28.7. The SMILES string of the molecule is C=CCC(O)(CC=C)CCCCCCCCCCCC(C)(C)C(=O)OC.C=CCC(O)(CC=C)CCCCCCCCCCCC(C)(C)C=O. The highest BCUT2D eigenvalue weighted by molar-refractivity contribution is 5.75. The van der Waals surface area contributed by atoms with Crippen LogP contribution in [0.1, 0.15) is 195 Å². The van der Waals surface area contributed by atoms with Crippen molar-refractivity contribution in [3.05, 3.63) is 50.6 Å². The van der Waals surface area contributed by atoms with Gasteiger partial charge in [-0.25, -0.2) is 0 Å². The molecule has 0 aromatic rings. The van der Waals surface area contributed by atoms with Gasteiger partial charge in [-0.15, -0.1) is 26.3 Å². The van der Waals surface area contributed by atoms with E-state index in [4.69, 9.17) is 4.74 Å². The van der Waals surface area contributed by atoms with Crippen LogP contribution in [0.4, 0.5) is 0 Å². The van der Waals surface area contributed by atoms with Crippen molar-refractivity contribution in [2.24, 2.45) is 10.8 Å². The highest BCUT2D eigenvalue weighted by Gasteiger charge is 2.27. The van der Waals surface area contributed by atoms with Gasteiger partial charge in [0.15, 0.2) is 0 Å². The molecule has 50 heavy (non-hydrogen) atoms. The van der Waals surface area contributed by atoms with E-state index in [0.717, 1.165) is 57.7 Å². The minimum atomic E-state index is -0.637. The molecule has 0 aromatic heterocycles. The summed E-state index contributed by atoms with van der Waals surface area (Å²) in [5.41, 5.74) is -1.76. The van der Waals surface area contributed by atoms with Crippen LogP contribution in [0.25, 0.3) is 0 Å². The molecule has 292 valence electrons. The Morgan fingerprint density at radius 3 is 1.02 bits per heavy atom. The predicted molar refractivity (Wildman–Crippen MR) is 216 cm³/mol. The maximum Gasteiger partial charge on any atom is 0.311 e. The molecule has 0 atom stereocenters. The van der Waals surface area contributed by atoms with Crippen molar-refractivity contribution in [1.82, 2.24) is 0 Å². The van der Waals surface area contributed by atoms with Crippen molar-refractivity contribution in [2.75, 3.05) is 7.11 Å². The minimum absolute atomic E-state index is 0.106. The number of aldehydes is 1. The number of aliphatic hydroxyl groups is 2. The Morgan fingerprint density at radius 1 is 0.500 bits per heavy atom. The molecule has 0 rings (SSSR count). The second-order valence-corrected chi connectivity index (χ2v) is 16.3. The average Bonchev–Trinajstić information content (AvgIpc) is 3.06. The van der Waals surface area contributed by atoms with E-state index in [0.29, 0.717) is 25.7 Å². The first-order chi connectivity index (χ1) is 23.7. The Hall–Kier alpha value is -1.98. The van der Waals surface area contributed by atoms with Crippen LogP contribution >= 0.6 is 0 Å². The van der Waals surface area contributed by atoms with Gasteiger partial charge < -0.3 is 19.7 Å². The van der Waals surface area contributed by atoms with Crippen LogP contribution in [0, 0.1) is 10.8 Å². The van der Waals surface area contributed by atoms with Crippen LogP contribution in [0.15, 0.2) is 50.6 Å². The summed E-state index contributed by atoms with van der Waals surface area (Å²) in [5.74, 6) is -0.106. The lowest BCUT2D eigenvalue weighted by Crippen LogP contribution is -2.26. The summed E-state index contributed by atoms with van der Waals surface area (Å²) in [7, 11) is 1.46. The van der Waals surface area contributed by atoms with Crippen molar-refractivity contribution >= 4 is 12.3 Å². The molecule has 0 aliphatic heterocycles. The molecular weight excluding hydrogens is 620 g/mol. The summed E-state index contributed by atoms with van der Waals surface area (Å²) < 4.78 is 4.84. The predicted octanol–water partition coefficient (Wildman–Crippen LogP) is 12.7. The summed E-state index contributed by atoms with van der Waals surface area (Å²) in [6.45, 7) is 22.9. The topological polar surface area (TPSA) is 83.8 Å². The number of carbonyl (C=O) groups excluding carboxylic acids is 2. The molecule has 5 nitrogen and oxygen atoms in total. The maximum atomic E-state index is 11.6. The van der Waals surface area contributed by atoms with Gasteiger partial charge in [0.2, 0.25) is 0 Å². The van der Waals surface area contributed by atoms with Crippen LogP contribution in [0.5, 0.6) is 0 Å². The first-order valence-corrected chi connectivity index (χ1v) is 20.1. The largest absolute Gasteiger partial charge is 0.469 e. The summed E-state index contributed by atoms with van der Waals surface area (Å²) in [6.07, 6.45) is 36.5. The summed E-state index contributed by atoms with van der Waals surface area (Å²) in [6, 6.07) is 0. The van der Waals surface area contributed by atoms with Crippen LogP contribution in [0.3, 0.4) is 0 Å². The molecule has 5 heteroatoms. The zero-order chi connectivity index (χ0) is 38.2. The lowest BCUT2D eigenvalue weighted by atomic mass is 9.87. The summed E-state index contributed by atoms with van der Waals surface area (Å²) in [4.78, 5) is 22.4. The second-order valence-electron chi connectivity index (χ2n) is 16.3. The van der Waals surface area contributed by atoms with Crippen LogP contribution in [-0.4, -0.2) is 40.8 Å². The standard InChI is InChI=1S/C23H42O3.C22H40O2/c1-6-17-23(25,18-7-2)20-16-14-12-10-8-9-11-13-15-19-22(3,4)21(24)26-5;1-5-16-22(24,17-6-2)19-15-13-11-9-7-8-10-12-14-18-21(3,4)20-23/h6-7,25H,1-2,8-20H2,3-5H3;5-6,20,24H,1-2,7-19H2,3-4H3. The van der Waals surface area contributed by atoms with E-state index in [1.807, 2.05) is 27.7 Å². The fourth-order valence-electron chi connectivity index (χ4n) is 6.62. The summed E-state index contributed by atoms with van der Waals surface area (Å²) >= 11 is 0. The Bertz CT molecular complexity index is 866. The smallest absolute Gasteiger partial charge is 0.311 e. The number of hydrogen-bond acceptors (Lipinski definition) is 5. The molecular formula is C45H82O5. The Labute approximate surface area is 310 Å². The van der Waals surface area contributed by atoms with Gasteiger partial charge in [0.1, 0.15) is 6.29 Å². The van der Waals surface area contributed by atoms with E-state index < -0.39 is 11.2 Å². The lowest BCUT2D eigenvalue weighted by molar-refractivity contribution is -0.151. The Morgan fingerprint density at radius 2 is 0.760 bits per heavy atom. The number of ether oxygens (including phenoxy) is 1. The molecule has 0 radical (unpaired) electrons. The molecule has 0 unspecified atom stereocenters. The number of unbranched alkanes of at least 4 members (excludes halogenated alkanes) is 16. The Balaban J connectivity index is 0. The van der Waals surface area contributed by atoms with E-state index in [1.165, 1.54) is 97.0 Å². The van der Waals surface area contributed by atoms with Gasteiger partial charge in [-0.3, -0.25) is 4.79 Å². The highest BCUT2D eigenvalue weighted by Crippen LogP contribution is 2.27. The van der Waals surface area contributed by atoms with E-state index in [9.17, 15) is 19.8 Å². The van der Waals surface area contributed by atoms with Crippen molar-refractivity contribution in [1.29, 1.82) is 0 Å². The van der Waals surface area contributed by atoms with Gasteiger partial charge in [-0.2, -0.15) is 0 Å². The van der Waals surface area contributed by atoms with Gasteiger partial charge in [-0.05, 0) is 65.2 Å². The molecule has 0 aromatic carbocycles. The third-order valence-electron chi connectivity index (χ3n) is 10.1. The van der Waals surface area contributed by atoms with Gasteiger partial charge in [0.05, 0.1) is 23.7 Å². The number of carbonyl (C=O) groups is 2. The third-order valence-corrected chi connectivity index (χ3v) is 10.1. The molecule has 0 fully saturated rings. The normalized spacial score (nSPS) is 12.1. The van der Waals surface area contributed by atoms with Gasteiger partial charge >= 0.3 is 5.97 Å². The van der Waals surface area contributed by atoms with E-state index in [-0.39, 0.29) is 16.8 Å². The molecule has 2 N–H and O–H groups in total. The first-order valence-electron chi connectivity index (χ1n) is 20.1. The molecule has 0 saturated carbocycles. The zero-order valence-corrected chi connectivity index (χ0v) is 33.7. The molecule has 0 bridgehead atoms. The fraction of sp³-hybridized carbons (Fsp3) is 0.778. The quantitative estimate of drug-likeness (QED) is 0.0302. The monoisotopic (exact) mass is 703 g/mol. The molecule has 0 heterocycles. The van der Waals surface area contributed by atoms with Gasteiger partial charge in [0, 0.05) is 5.41 Å². The molecule has 0 amide bonds. The van der Waals surface area contributed by atoms with Crippen molar-refractivity contribution < 1.29 is 24.5 Å². The van der Waals surface area contributed by atoms with E-state index in [2.05, 4.69) is 26.3 Å². The number of rotatable bonds is 34. The number of hydrogen-bond donors (Lipinski definition) is 2. The number of esters is 1. The van der Waals surface area contributed by atoms with Crippen molar-refractivity contribution in [3.8, 4) is 0 Å². The minimum Gasteiger partial charge on any atom is -0.469 e. The van der Waals surface area contributed by atoms with Crippen molar-refractivity contribution in [3.63, 3.8) is 0 Å². The van der Waals surface area contributed by atoms with E-state index in [1.54, 1.807) is 24.3 Å². The fourth-order valence-corrected chi connectivity index (χ4v) is 6.62. The first kappa shape index (κ1) is 50.1. The second kappa shape index (κ2) is 30.6.